The Balaban J connectivity index is 1.31. The monoisotopic (exact) mass is 306 g/mol. The van der Waals surface area contributed by atoms with Crippen molar-refractivity contribution in [1.29, 1.82) is 0 Å². The molecule has 1 amide bonds. The van der Waals surface area contributed by atoms with Crippen LogP contribution < -0.4 is 0 Å². The molecule has 1 aliphatic carbocycles. The molecular weight excluding hydrogens is 280 g/mol. The molecule has 5 aliphatic rings. The molecule has 0 radical (unpaired) electrons. The van der Waals surface area contributed by atoms with E-state index < -0.39 is 0 Å². The molecule has 0 aromatic heterocycles. The van der Waals surface area contributed by atoms with E-state index in [1.807, 2.05) is 0 Å². The van der Waals surface area contributed by atoms with Crippen molar-refractivity contribution in [2.75, 3.05) is 45.9 Å². The van der Waals surface area contributed by atoms with E-state index in [0.29, 0.717) is 29.8 Å². The van der Waals surface area contributed by atoms with Crippen LogP contribution in [0, 0.1) is 17.8 Å². The summed E-state index contributed by atoms with van der Waals surface area (Å²) >= 11 is 0. The zero-order chi connectivity index (χ0) is 14.7. The SMILES string of the molecule is O=C(C1CC1)N1C[C@@H]2[C@H](CN3CCOCC3)[C@H]3CC[C@]2(C1)O3. The second-order valence-electron chi connectivity index (χ2n) is 7.94. The van der Waals surface area contributed by atoms with Crippen molar-refractivity contribution in [1.82, 2.24) is 9.80 Å². The van der Waals surface area contributed by atoms with Crippen LogP contribution >= 0.6 is 0 Å². The lowest BCUT2D eigenvalue weighted by atomic mass is 9.73. The third-order valence-electron chi connectivity index (χ3n) is 6.59. The number of ether oxygens (including phenoxy) is 2. The van der Waals surface area contributed by atoms with E-state index in [2.05, 4.69) is 9.80 Å². The minimum Gasteiger partial charge on any atom is -0.379 e. The number of carbonyl (C=O) groups is 1. The fraction of sp³-hybridized carbons (Fsp3) is 0.941. The van der Waals surface area contributed by atoms with Gasteiger partial charge in [0.25, 0.3) is 0 Å². The third kappa shape index (κ3) is 2.05. The standard InChI is InChI=1S/C17H26N2O3/c20-16(12-1-2-12)19-10-14-13(9-18-5-7-21-8-6-18)15-3-4-17(14,11-19)22-15/h12-15H,1-11H2/t13-,14+,15+,17+/m0/s1. The Labute approximate surface area is 131 Å². The van der Waals surface area contributed by atoms with Crippen LogP contribution in [-0.2, 0) is 14.3 Å². The lowest BCUT2D eigenvalue weighted by Crippen LogP contribution is -2.45. The van der Waals surface area contributed by atoms with E-state index in [0.717, 1.165) is 65.2 Å². The summed E-state index contributed by atoms with van der Waals surface area (Å²) in [4.78, 5) is 17.1. The topological polar surface area (TPSA) is 42.0 Å². The number of morpholine rings is 1. The van der Waals surface area contributed by atoms with E-state index in [-0.39, 0.29) is 5.60 Å². The maximum atomic E-state index is 12.5. The van der Waals surface area contributed by atoms with E-state index in [1.54, 1.807) is 0 Å². The van der Waals surface area contributed by atoms with Gasteiger partial charge in [-0.15, -0.1) is 0 Å². The van der Waals surface area contributed by atoms with Crippen LogP contribution in [0.2, 0.25) is 0 Å². The summed E-state index contributed by atoms with van der Waals surface area (Å²) in [5.74, 6) is 1.92. The first-order chi connectivity index (χ1) is 10.8. The number of likely N-dealkylation sites (tertiary alicyclic amines) is 1. The van der Waals surface area contributed by atoms with Gasteiger partial charge in [-0.2, -0.15) is 0 Å². The highest BCUT2D eigenvalue weighted by Gasteiger charge is 2.64. The third-order valence-corrected chi connectivity index (χ3v) is 6.59. The molecule has 0 N–H and O–H groups in total. The smallest absolute Gasteiger partial charge is 0.225 e. The van der Waals surface area contributed by atoms with Gasteiger partial charge in [-0.3, -0.25) is 9.69 Å². The van der Waals surface area contributed by atoms with E-state index in [1.165, 1.54) is 6.42 Å². The van der Waals surface area contributed by atoms with Crippen LogP contribution in [-0.4, -0.2) is 73.3 Å². The van der Waals surface area contributed by atoms with Crippen molar-refractivity contribution >= 4 is 5.91 Å². The molecule has 5 fully saturated rings. The first kappa shape index (κ1) is 13.8. The van der Waals surface area contributed by atoms with Gasteiger partial charge in [0.1, 0.15) is 0 Å². The van der Waals surface area contributed by atoms with Crippen molar-refractivity contribution in [3.05, 3.63) is 0 Å². The fourth-order valence-corrected chi connectivity index (χ4v) is 5.27. The zero-order valence-corrected chi connectivity index (χ0v) is 13.2. The maximum absolute atomic E-state index is 12.5. The van der Waals surface area contributed by atoms with Gasteiger partial charge in [0.15, 0.2) is 0 Å². The fourth-order valence-electron chi connectivity index (χ4n) is 5.27. The molecule has 0 unspecified atom stereocenters. The molecule has 122 valence electrons. The first-order valence-electron chi connectivity index (χ1n) is 9.02. The molecule has 22 heavy (non-hydrogen) atoms. The van der Waals surface area contributed by atoms with Crippen LogP contribution in [0.15, 0.2) is 0 Å². The van der Waals surface area contributed by atoms with Gasteiger partial charge in [-0.05, 0) is 25.7 Å². The van der Waals surface area contributed by atoms with Gasteiger partial charge in [0.2, 0.25) is 5.91 Å². The van der Waals surface area contributed by atoms with Crippen LogP contribution in [0.4, 0.5) is 0 Å². The maximum Gasteiger partial charge on any atom is 0.225 e. The summed E-state index contributed by atoms with van der Waals surface area (Å²) in [7, 11) is 0. The van der Waals surface area contributed by atoms with Gasteiger partial charge < -0.3 is 14.4 Å². The Morgan fingerprint density at radius 2 is 2.00 bits per heavy atom. The van der Waals surface area contributed by atoms with Gasteiger partial charge in [-0.25, -0.2) is 0 Å². The Morgan fingerprint density at radius 1 is 1.18 bits per heavy atom. The number of fused-ring (bicyclic) bond motifs is 1. The highest BCUT2D eigenvalue weighted by atomic mass is 16.5. The molecule has 5 rings (SSSR count). The first-order valence-corrected chi connectivity index (χ1v) is 9.02. The van der Waals surface area contributed by atoms with Gasteiger partial charge >= 0.3 is 0 Å². The molecule has 1 spiro atoms. The quantitative estimate of drug-likeness (QED) is 0.771. The van der Waals surface area contributed by atoms with Crippen molar-refractivity contribution < 1.29 is 14.3 Å². The molecule has 1 saturated carbocycles. The largest absolute Gasteiger partial charge is 0.379 e. The molecule has 0 aromatic carbocycles. The van der Waals surface area contributed by atoms with Crippen molar-refractivity contribution in [3.8, 4) is 0 Å². The number of carbonyl (C=O) groups excluding carboxylic acids is 1. The Kier molecular flexibility index (Phi) is 3.08. The van der Waals surface area contributed by atoms with Crippen LogP contribution in [0.5, 0.6) is 0 Å². The minimum atomic E-state index is 0.00612. The second kappa shape index (κ2) is 4.92. The highest BCUT2D eigenvalue weighted by Crippen LogP contribution is 2.55. The number of hydrogen-bond donors (Lipinski definition) is 0. The molecule has 5 nitrogen and oxygen atoms in total. The molecular formula is C17H26N2O3. The lowest BCUT2D eigenvalue weighted by molar-refractivity contribution is -0.133. The zero-order valence-electron chi connectivity index (χ0n) is 13.2. The number of rotatable bonds is 3. The van der Waals surface area contributed by atoms with Crippen LogP contribution in [0.1, 0.15) is 25.7 Å². The summed E-state index contributed by atoms with van der Waals surface area (Å²) in [5.41, 5.74) is 0.00612. The highest BCUT2D eigenvalue weighted by molar-refractivity contribution is 5.81. The van der Waals surface area contributed by atoms with Gasteiger partial charge in [-0.1, -0.05) is 0 Å². The van der Waals surface area contributed by atoms with E-state index >= 15 is 0 Å². The average molecular weight is 306 g/mol. The predicted octanol–water partition coefficient (Wildman–Crippen LogP) is 0.735. The Morgan fingerprint density at radius 3 is 2.77 bits per heavy atom. The molecule has 2 bridgehead atoms. The number of hydrogen-bond acceptors (Lipinski definition) is 4. The minimum absolute atomic E-state index is 0.00612. The van der Waals surface area contributed by atoms with Crippen LogP contribution in [0.3, 0.4) is 0 Å². The molecule has 4 saturated heterocycles. The average Bonchev–Trinajstić information content (AvgIpc) is 3.12. The van der Waals surface area contributed by atoms with Crippen LogP contribution in [0.25, 0.3) is 0 Å². The summed E-state index contributed by atoms with van der Waals surface area (Å²) in [6.07, 6.45) is 5.00. The molecule has 4 heterocycles. The molecule has 5 heteroatoms. The summed E-state index contributed by atoms with van der Waals surface area (Å²) in [6.45, 7) is 6.76. The summed E-state index contributed by atoms with van der Waals surface area (Å²) < 4.78 is 11.9. The number of amides is 1. The molecule has 4 atom stereocenters. The van der Waals surface area contributed by atoms with E-state index in [9.17, 15) is 4.79 Å². The van der Waals surface area contributed by atoms with E-state index in [4.69, 9.17) is 9.47 Å². The van der Waals surface area contributed by atoms with Gasteiger partial charge in [0, 0.05) is 43.9 Å². The predicted molar refractivity (Wildman–Crippen MR) is 80.4 cm³/mol. The van der Waals surface area contributed by atoms with Crippen molar-refractivity contribution in [2.24, 2.45) is 17.8 Å². The van der Waals surface area contributed by atoms with Crippen molar-refractivity contribution in [3.63, 3.8) is 0 Å². The van der Waals surface area contributed by atoms with Crippen molar-refractivity contribution in [2.45, 2.75) is 37.4 Å². The Bertz CT molecular complexity index is 475. The number of nitrogens with zero attached hydrogens (tertiary/aromatic N) is 2. The Hall–Kier alpha value is -0.650. The van der Waals surface area contributed by atoms with Gasteiger partial charge in [0.05, 0.1) is 31.5 Å². The normalized spacial score (nSPS) is 44.5. The molecule has 4 aliphatic heterocycles. The molecule has 0 aromatic rings. The summed E-state index contributed by atoms with van der Waals surface area (Å²) in [5, 5.41) is 0. The second-order valence-corrected chi connectivity index (χ2v) is 7.94. The summed E-state index contributed by atoms with van der Waals surface area (Å²) in [6, 6.07) is 0. The lowest BCUT2D eigenvalue weighted by Gasteiger charge is -2.35.